The van der Waals surface area contributed by atoms with Crippen molar-refractivity contribution in [1.29, 1.82) is 0 Å². The van der Waals surface area contributed by atoms with Crippen LogP contribution in [0.2, 0.25) is 0 Å². The number of carbonyl (C=O) groups is 1. The zero-order chi connectivity index (χ0) is 17.5. The van der Waals surface area contributed by atoms with Gasteiger partial charge in [-0.3, -0.25) is 4.79 Å². The number of imidazole rings is 1. The molecule has 1 aromatic heterocycles. The summed E-state index contributed by atoms with van der Waals surface area (Å²) in [6.07, 6.45) is 1.16. The van der Waals surface area contributed by atoms with Gasteiger partial charge >= 0.3 is 0 Å². The quantitative estimate of drug-likeness (QED) is 0.729. The number of fused-ring (bicyclic) bond motifs is 1. The van der Waals surface area contributed by atoms with Crippen LogP contribution in [0.4, 0.5) is 0 Å². The number of aromatic nitrogens is 2. The Balaban J connectivity index is 2.10. The summed E-state index contributed by atoms with van der Waals surface area (Å²) in [7, 11) is -1.39. The molecule has 2 aromatic carbocycles. The highest BCUT2D eigenvalue weighted by molar-refractivity contribution is 7.90. The van der Waals surface area contributed by atoms with Crippen molar-refractivity contribution in [2.24, 2.45) is 7.05 Å². The molecule has 7 heteroatoms. The van der Waals surface area contributed by atoms with Crippen LogP contribution in [-0.4, -0.2) is 41.7 Å². The van der Waals surface area contributed by atoms with E-state index in [9.17, 15) is 13.2 Å². The first kappa shape index (κ1) is 16.4. The lowest BCUT2D eigenvalue weighted by Gasteiger charge is -2.04. The van der Waals surface area contributed by atoms with E-state index in [0.717, 1.165) is 17.3 Å². The Morgan fingerprint density at radius 2 is 1.83 bits per heavy atom. The summed E-state index contributed by atoms with van der Waals surface area (Å²) in [4.78, 5) is 16.4. The Hall–Kier alpha value is -2.51. The van der Waals surface area contributed by atoms with Crippen LogP contribution in [0.3, 0.4) is 0 Å². The van der Waals surface area contributed by atoms with Gasteiger partial charge in [0.05, 0.1) is 15.9 Å². The van der Waals surface area contributed by atoms with Crippen molar-refractivity contribution in [2.75, 3.05) is 12.9 Å². The largest absolute Gasteiger partial charge is 0.388 e. The molecule has 0 saturated heterocycles. The molecule has 0 atom stereocenters. The van der Waals surface area contributed by atoms with Gasteiger partial charge in [-0.15, -0.1) is 0 Å². The van der Waals surface area contributed by atoms with Crippen LogP contribution in [0, 0.1) is 0 Å². The first-order valence-corrected chi connectivity index (χ1v) is 9.11. The minimum Gasteiger partial charge on any atom is -0.388 e. The first-order valence-electron chi connectivity index (χ1n) is 7.22. The fourth-order valence-electron chi connectivity index (χ4n) is 2.57. The van der Waals surface area contributed by atoms with Crippen molar-refractivity contribution in [3.05, 3.63) is 48.0 Å². The summed E-state index contributed by atoms with van der Waals surface area (Å²) in [5.41, 5.74) is 2.66. The summed E-state index contributed by atoms with van der Waals surface area (Å²) >= 11 is 0. The molecule has 1 N–H and O–H groups in total. The summed E-state index contributed by atoms with van der Waals surface area (Å²) in [6, 6.07) is 11.6. The lowest BCUT2D eigenvalue weighted by molar-refractivity contribution is 0.0904. The molecule has 3 aromatic rings. The zero-order valence-corrected chi connectivity index (χ0v) is 14.0. The summed E-state index contributed by atoms with van der Waals surface area (Å²) < 4.78 is 25.0. The predicted molar refractivity (Wildman–Crippen MR) is 90.7 cm³/mol. The van der Waals surface area contributed by atoms with Crippen molar-refractivity contribution in [3.8, 4) is 11.4 Å². The van der Waals surface area contributed by atoms with Gasteiger partial charge < -0.3 is 9.67 Å². The third-order valence-corrected chi connectivity index (χ3v) is 5.02. The maximum Gasteiger partial charge on any atom is 0.188 e. The second kappa shape index (κ2) is 5.85. The van der Waals surface area contributed by atoms with Crippen molar-refractivity contribution in [2.45, 2.75) is 4.90 Å². The fourth-order valence-corrected chi connectivity index (χ4v) is 3.20. The van der Waals surface area contributed by atoms with E-state index < -0.39 is 16.4 Å². The number of Topliss-reactive ketones (excluding diaryl/α,β-unsaturated/α-hetero) is 1. The van der Waals surface area contributed by atoms with Crippen molar-refractivity contribution in [1.82, 2.24) is 9.55 Å². The number of aliphatic hydroxyl groups is 1. The maximum atomic E-state index is 11.6. The van der Waals surface area contributed by atoms with E-state index in [1.807, 2.05) is 11.6 Å². The van der Waals surface area contributed by atoms with Crippen LogP contribution in [0.5, 0.6) is 0 Å². The number of nitrogens with zero attached hydrogens (tertiary/aromatic N) is 2. The third kappa shape index (κ3) is 2.83. The van der Waals surface area contributed by atoms with E-state index in [0.29, 0.717) is 16.9 Å². The minimum atomic E-state index is -3.24. The highest BCUT2D eigenvalue weighted by Crippen LogP contribution is 2.25. The molecular formula is C17H16N2O4S. The molecule has 6 nitrogen and oxygen atoms in total. The molecule has 0 aliphatic heterocycles. The molecule has 0 saturated carbocycles. The number of rotatable bonds is 4. The summed E-state index contributed by atoms with van der Waals surface area (Å²) in [5, 5.41) is 8.97. The van der Waals surface area contributed by atoms with Gasteiger partial charge in [0.1, 0.15) is 12.4 Å². The molecular weight excluding hydrogens is 328 g/mol. The van der Waals surface area contributed by atoms with E-state index in [-0.39, 0.29) is 10.7 Å². The number of carbonyl (C=O) groups excluding carboxylic acids is 1. The van der Waals surface area contributed by atoms with Crippen LogP contribution in [-0.2, 0) is 16.9 Å². The number of sulfone groups is 1. The molecule has 0 spiro atoms. The summed E-state index contributed by atoms with van der Waals surface area (Å²) in [6.45, 7) is -0.544. The van der Waals surface area contributed by atoms with E-state index in [2.05, 4.69) is 4.98 Å². The molecule has 0 radical (unpaired) electrons. The van der Waals surface area contributed by atoms with Crippen LogP contribution in [0.15, 0.2) is 47.4 Å². The third-order valence-electron chi connectivity index (χ3n) is 3.89. The molecule has 0 aliphatic carbocycles. The number of aryl methyl sites for hydroxylation is 1. The van der Waals surface area contributed by atoms with Crippen molar-refractivity contribution >= 4 is 26.7 Å². The smallest absolute Gasteiger partial charge is 0.188 e. The Labute approximate surface area is 139 Å². The highest BCUT2D eigenvalue weighted by atomic mass is 32.2. The lowest BCUT2D eigenvalue weighted by Crippen LogP contribution is -2.03. The Kier molecular flexibility index (Phi) is 3.98. The predicted octanol–water partition coefficient (Wildman–Crippen LogP) is 1.82. The van der Waals surface area contributed by atoms with Gasteiger partial charge in [-0.2, -0.15) is 0 Å². The van der Waals surface area contributed by atoms with Crippen LogP contribution in [0.1, 0.15) is 10.4 Å². The van der Waals surface area contributed by atoms with Gasteiger partial charge in [-0.05, 0) is 42.5 Å². The Morgan fingerprint density at radius 1 is 1.17 bits per heavy atom. The normalized spacial score (nSPS) is 11.8. The molecule has 24 heavy (non-hydrogen) atoms. The van der Waals surface area contributed by atoms with E-state index in [4.69, 9.17) is 5.11 Å². The molecule has 0 aliphatic rings. The minimum absolute atomic E-state index is 0.251. The highest BCUT2D eigenvalue weighted by Gasteiger charge is 2.13. The second-order valence-electron chi connectivity index (χ2n) is 5.58. The van der Waals surface area contributed by atoms with E-state index in [1.54, 1.807) is 42.5 Å². The zero-order valence-electron chi connectivity index (χ0n) is 13.2. The Bertz CT molecular complexity index is 1030. The number of hydrogen-bond donors (Lipinski definition) is 1. The SMILES string of the molecule is Cn1c(-c2ccc(S(C)(=O)=O)cc2)nc2cc(C(=O)CO)ccc21. The van der Waals surface area contributed by atoms with Gasteiger partial charge in [0.25, 0.3) is 0 Å². The molecule has 0 amide bonds. The number of aliphatic hydroxyl groups excluding tert-OH is 1. The van der Waals surface area contributed by atoms with Gasteiger partial charge in [0.2, 0.25) is 0 Å². The number of hydrogen-bond acceptors (Lipinski definition) is 5. The van der Waals surface area contributed by atoms with Crippen molar-refractivity contribution < 1.29 is 18.3 Å². The monoisotopic (exact) mass is 344 g/mol. The van der Waals surface area contributed by atoms with Crippen molar-refractivity contribution in [3.63, 3.8) is 0 Å². The van der Waals surface area contributed by atoms with E-state index >= 15 is 0 Å². The molecule has 0 bridgehead atoms. The van der Waals surface area contributed by atoms with Gasteiger partial charge in [0.15, 0.2) is 15.6 Å². The molecule has 124 valence electrons. The maximum absolute atomic E-state index is 11.6. The first-order chi connectivity index (χ1) is 11.3. The lowest BCUT2D eigenvalue weighted by atomic mass is 10.1. The average molecular weight is 344 g/mol. The topological polar surface area (TPSA) is 89.3 Å². The molecule has 0 fully saturated rings. The molecule has 1 heterocycles. The second-order valence-corrected chi connectivity index (χ2v) is 7.59. The average Bonchev–Trinajstić information content (AvgIpc) is 2.90. The van der Waals surface area contributed by atoms with E-state index in [1.165, 1.54) is 0 Å². The van der Waals surface area contributed by atoms with Gasteiger partial charge in [-0.1, -0.05) is 0 Å². The Morgan fingerprint density at radius 3 is 2.42 bits per heavy atom. The van der Waals surface area contributed by atoms with Gasteiger partial charge in [-0.25, -0.2) is 13.4 Å². The van der Waals surface area contributed by atoms with Crippen LogP contribution in [0.25, 0.3) is 22.4 Å². The fraction of sp³-hybridized carbons (Fsp3) is 0.176. The number of ketones is 1. The van der Waals surface area contributed by atoms with Gasteiger partial charge in [0, 0.05) is 24.4 Å². The molecule has 3 rings (SSSR count). The molecule has 0 unspecified atom stereocenters. The summed E-state index contributed by atoms with van der Waals surface area (Å²) in [5.74, 6) is 0.306. The number of benzene rings is 2. The standard InChI is InChI=1S/C17H16N2O4S/c1-19-15-8-5-12(16(21)10-20)9-14(15)18-17(19)11-3-6-13(7-4-11)24(2,22)23/h3-9,20H,10H2,1-2H3. The van der Waals surface area contributed by atoms with Crippen LogP contribution >= 0.6 is 0 Å². The van der Waals surface area contributed by atoms with Crippen LogP contribution < -0.4 is 0 Å².